The van der Waals surface area contributed by atoms with Crippen molar-refractivity contribution in [2.45, 2.75) is 6.92 Å². The van der Waals surface area contributed by atoms with E-state index in [1.54, 1.807) is 54.9 Å². The van der Waals surface area contributed by atoms with Gasteiger partial charge in [0.05, 0.1) is 16.2 Å². The maximum atomic E-state index is 12.7. The molecule has 1 amide bonds. The van der Waals surface area contributed by atoms with Crippen molar-refractivity contribution in [3.8, 4) is 5.75 Å². The number of aliphatic imine (C=N–C) groups is 1. The van der Waals surface area contributed by atoms with E-state index in [1.165, 1.54) is 22.8 Å². The quantitative estimate of drug-likeness (QED) is 0.308. The van der Waals surface area contributed by atoms with E-state index >= 15 is 0 Å². The highest BCUT2D eigenvalue weighted by molar-refractivity contribution is 8.27. The van der Waals surface area contributed by atoms with Gasteiger partial charge in [-0.05, 0) is 66.7 Å². The second kappa shape index (κ2) is 9.28. The molecule has 3 aromatic rings. The third-order valence-corrected chi connectivity index (χ3v) is 6.34. The van der Waals surface area contributed by atoms with E-state index in [4.69, 9.17) is 21.7 Å². The SMILES string of the molecule is Cc1cccc(C(=O)Oc2ccc(C=C3C(=N)N4N=C(c5cccnc5)SC4=NC3=O)cc2Cl)c1. The summed E-state index contributed by atoms with van der Waals surface area (Å²) in [5, 5.41) is 15.4. The van der Waals surface area contributed by atoms with Crippen LogP contribution in [0.5, 0.6) is 5.75 Å². The van der Waals surface area contributed by atoms with Gasteiger partial charge in [-0.15, -0.1) is 0 Å². The average molecular weight is 502 g/mol. The minimum absolute atomic E-state index is 0.0612. The van der Waals surface area contributed by atoms with Crippen molar-refractivity contribution in [3.63, 3.8) is 0 Å². The predicted molar refractivity (Wildman–Crippen MR) is 136 cm³/mol. The molecule has 2 aliphatic heterocycles. The first-order valence-corrected chi connectivity index (χ1v) is 11.6. The molecule has 5 rings (SSSR count). The minimum Gasteiger partial charge on any atom is -0.421 e. The highest BCUT2D eigenvalue weighted by Gasteiger charge is 2.36. The van der Waals surface area contributed by atoms with Gasteiger partial charge >= 0.3 is 5.97 Å². The van der Waals surface area contributed by atoms with Gasteiger partial charge in [0, 0.05) is 18.0 Å². The Morgan fingerprint density at radius 1 is 1.17 bits per heavy atom. The second-order valence-electron chi connectivity index (χ2n) is 7.62. The van der Waals surface area contributed by atoms with E-state index in [9.17, 15) is 9.59 Å². The summed E-state index contributed by atoms with van der Waals surface area (Å²) in [4.78, 5) is 33.3. The molecule has 0 saturated heterocycles. The number of pyridine rings is 1. The van der Waals surface area contributed by atoms with Crippen LogP contribution in [-0.2, 0) is 4.79 Å². The van der Waals surface area contributed by atoms with Gasteiger partial charge in [0.2, 0.25) is 5.17 Å². The van der Waals surface area contributed by atoms with E-state index in [2.05, 4.69) is 15.1 Å². The fourth-order valence-corrected chi connectivity index (χ4v) is 4.49. The lowest BCUT2D eigenvalue weighted by Crippen LogP contribution is -2.35. The van der Waals surface area contributed by atoms with Crippen LogP contribution in [-0.4, -0.2) is 37.9 Å². The standard InChI is InChI=1S/C25H16ClN5O3S/c1-14-4-2-5-16(10-14)24(33)34-20-8-7-15(12-19(20)26)11-18-21(27)31-25(29-22(18)32)35-23(30-31)17-6-3-9-28-13-17/h2-13,27H,1H3. The van der Waals surface area contributed by atoms with E-state index in [0.29, 0.717) is 21.3 Å². The number of fused-ring (bicyclic) bond motifs is 1. The number of amidine groups is 2. The lowest BCUT2D eigenvalue weighted by atomic mass is 10.1. The molecular weight excluding hydrogens is 486 g/mol. The van der Waals surface area contributed by atoms with E-state index in [-0.39, 0.29) is 22.2 Å². The Morgan fingerprint density at radius 3 is 2.77 bits per heavy atom. The first-order valence-electron chi connectivity index (χ1n) is 10.4. The van der Waals surface area contributed by atoms with Crippen molar-refractivity contribution in [1.82, 2.24) is 9.99 Å². The molecule has 0 aliphatic carbocycles. The molecule has 8 nitrogen and oxygen atoms in total. The summed E-state index contributed by atoms with van der Waals surface area (Å²) in [6, 6.07) is 15.4. The number of thioether (sulfide) groups is 1. The zero-order valence-electron chi connectivity index (χ0n) is 18.2. The number of hydrazone groups is 1. The fraction of sp³-hybridized carbons (Fsp3) is 0.0400. The molecule has 0 saturated carbocycles. The zero-order chi connectivity index (χ0) is 24.5. The van der Waals surface area contributed by atoms with E-state index in [1.807, 2.05) is 19.1 Å². The van der Waals surface area contributed by atoms with Gasteiger partial charge in [0.15, 0.2) is 5.84 Å². The number of halogens is 1. The van der Waals surface area contributed by atoms with E-state index in [0.717, 1.165) is 11.1 Å². The number of nitrogens with zero attached hydrogens (tertiary/aromatic N) is 4. The number of amides is 1. The maximum Gasteiger partial charge on any atom is 0.343 e. The molecule has 0 atom stereocenters. The molecular formula is C25H16ClN5O3S. The van der Waals surface area contributed by atoms with Crippen LogP contribution in [0.4, 0.5) is 0 Å². The molecule has 2 aliphatic rings. The normalized spacial score (nSPS) is 16.2. The largest absolute Gasteiger partial charge is 0.421 e. The number of hydrogen-bond acceptors (Lipinski definition) is 7. The number of hydrogen-bond donors (Lipinski definition) is 1. The van der Waals surface area contributed by atoms with Gasteiger partial charge in [-0.3, -0.25) is 15.2 Å². The van der Waals surface area contributed by atoms with Crippen molar-refractivity contribution in [2.75, 3.05) is 0 Å². The summed E-state index contributed by atoms with van der Waals surface area (Å²) < 4.78 is 5.43. The summed E-state index contributed by atoms with van der Waals surface area (Å²) in [6.07, 6.45) is 4.81. The molecule has 0 unspecified atom stereocenters. The van der Waals surface area contributed by atoms with Crippen molar-refractivity contribution in [1.29, 1.82) is 5.41 Å². The molecule has 10 heteroatoms. The van der Waals surface area contributed by atoms with Gasteiger partial charge in [-0.1, -0.05) is 35.4 Å². The highest BCUT2D eigenvalue weighted by atomic mass is 35.5. The van der Waals surface area contributed by atoms with Gasteiger partial charge < -0.3 is 4.74 Å². The Kier molecular flexibility index (Phi) is 6.02. The van der Waals surface area contributed by atoms with Crippen molar-refractivity contribution in [3.05, 3.63) is 99.8 Å². The van der Waals surface area contributed by atoms with Gasteiger partial charge in [0.25, 0.3) is 5.91 Å². The fourth-order valence-electron chi connectivity index (χ4n) is 3.39. The number of ether oxygens (including phenoxy) is 1. The van der Waals surface area contributed by atoms with Gasteiger partial charge in [0.1, 0.15) is 10.8 Å². The highest BCUT2D eigenvalue weighted by Crippen LogP contribution is 2.32. The Bertz CT molecular complexity index is 1480. The number of aryl methyl sites for hydroxylation is 1. The van der Waals surface area contributed by atoms with Gasteiger partial charge in [-0.2, -0.15) is 15.1 Å². The molecule has 3 heterocycles. The molecule has 35 heavy (non-hydrogen) atoms. The van der Waals surface area contributed by atoms with Crippen LogP contribution >= 0.6 is 23.4 Å². The smallest absolute Gasteiger partial charge is 0.343 e. The summed E-state index contributed by atoms with van der Waals surface area (Å²) in [5.74, 6) is -0.992. The minimum atomic E-state index is -0.553. The molecule has 1 aromatic heterocycles. The molecule has 0 bridgehead atoms. The Morgan fingerprint density at radius 2 is 2.03 bits per heavy atom. The average Bonchev–Trinajstić information content (AvgIpc) is 3.28. The lowest BCUT2D eigenvalue weighted by Gasteiger charge is -2.20. The van der Waals surface area contributed by atoms with Crippen LogP contribution < -0.4 is 4.74 Å². The second-order valence-corrected chi connectivity index (χ2v) is 8.98. The van der Waals surface area contributed by atoms with Crippen LogP contribution in [0, 0.1) is 12.3 Å². The van der Waals surface area contributed by atoms with Crippen LogP contribution in [0.3, 0.4) is 0 Å². The number of esters is 1. The van der Waals surface area contributed by atoms with Crippen molar-refractivity contribution >= 4 is 57.4 Å². The first kappa shape index (κ1) is 22.7. The topological polar surface area (TPSA) is 108 Å². The number of carbonyl (C=O) groups excluding carboxylic acids is 2. The third-order valence-electron chi connectivity index (χ3n) is 5.09. The molecule has 172 valence electrons. The molecule has 0 fully saturated rings. The lowest BCUT2D eigenvalue weighted by molar-refractivity contribution is -0.114. The predicted octanol–water partition coefficient (Wildman–Crippen LogP) is 4.93. The van der Waals surface area contributed by atoms with E-state index < -0.39 is 11.9 Å². The Balaban J connectivity index is 1.37. The summed E-state index contributed by atoms with van der Waals surface area (Å²) in [6.45, 7) is 1.88. The molecule has 2 aromatic carbocycles. The van der Waals surface area contributed by atoms with Crippen molar-refractivity contribution < 1.29 is 14.3 Å². The number of rotatable bonds is 4. The Labute approximate surface area is 209 Å². The summed E-state index contributed by atoms with van der Waals surface area (Å²) in [7, 11) is 0. The van der Waals surface area contributed by atoms with Crippen LogP contribution in [0.1, 0.15) is 27.0 Å². The summed E-state index contributed by atoms with van der Waals surface area (Å²) in [5.41, 5.74) is 2.72. The van der Waals surface area contributed by atoms with Crippen LogP contribution in [0.2, 0.25) is 5.02 Å². The zero-order valence-corrected chi connectivity index (χ0v) is 19.8. The number of carbonyl (C=O) groups is 2. The number of nitrogens with one attached hydrogen (secondary N) is 1. The van der Waals surface area contributed by atoms with Crippen LogP contribution in [0.15, 0.2) is 82.7 Å². The third kappa shape index (κ3) is 4.64. The van der Waals surface area contributed by atoms with Crippen molar-refractivity contribution in [2.24, 2.45) is 10.1 Å². The van der Waals surface area contributed by atoms with Gasteiger partial charge in [-0.25, -0.2) is 4.79 Å². The van der Waals surface area contributed by atoms with Crippen LogP contribution in [0.25, 0.3) is 6.08 Å². The summed E-state index contributed by atoms with van der Waals surface area (Å²) >= 11 is 7.54. The number of aromatic nitrogens is 1. The number of benzene rings is 2. The molecule has 0 radical (unpaired) electrons. The first-order chi connectivity index (χ1) is 16.9. The monoisotopic (exact) mass is 501 g/mol. The Hall–Kier alpha value is -4.08. The molecule has 1 N–H and O–H groups in total. The maximum absolute atomic E-state index is 12.7. The molecule has 0 spiro atoms.